The van der Waals surface area contributed by atoms with Gasteiger partial charge < -0.3 is 5.32 Å². The predicted molar refractivity (Wildman–Crippen MR) is 68.1 cm³/mol. The Morgan fingerprint density at radius 3 is 2.47 bits per heavy atom. The lowest BCUT2D eigenvalue weighted by Crippen LogP contribution is -2.36. The van der Waals surface area contributed by atoms with Gasteiger partial charge >= 0.3 is 0 Å². The highest BCUT2D eigenvalue weighted by Gasteiger charge is 2.26. The fraction of sp³-hybridized carbons (Fsp3) is 0.400. The van der Waals surface area contributed by atoms with Crippen LogP contribution in [0.2, 0.25) is 10.0 Å². The Morgan fingerprint density at radius 2 is 1.94 bits per heavy atom. The van der Waals surface area contributed by atoms with Crippen molar-refractivity contribution >= 4 is 33.2 Å². The van der Waals surface area contributed by atoms with Crippen LogP contribution in [0, 0.1) is 0 Å². The summed E-state index contributed by atoms with van der Waals surface area (Å²) in [5.41, 5.74) is 0. The minimum absolute atomic E-state index is 0.0461. The number of halogens is 2. The van der Waals surface area contributed by atoms with Gasteiger partial charge in [-0.2, -0.15) is 0 Å². The highest BCUT2D eigenvalue weighted by Crippen LogP contribution is 2.29. The summed E-state index contributed by atoms with van der Waals surface area (Å²) < 4.78 is 26.8. The molecule has 2 rings (SSSR count). The lowest BCUT2D eigenvalue weighted by Gasteiger charge is -2.13. The maximum atomic E-state index is 12.1. The normalized spacial score (nSPS) is 20.7. The van der Waals surface area contributed by atoms with E-state index < -0.39 is 10.0 Å². The Kier molecular flexibility index (Phi) is 3.95. The van der Waals surface area contributed by atoms with E-state index in [-0.39, 0.29) is 21.0 Å². The second-order valence-electron chi connectivity index (χ2n) is 3.86. The number of hydrogen-bond donors (Lipinski definition) is 2. The number of benzene rings is 1. The molecule has 1 atom stereocenters. The number of rotatable bonds is 3. The quantitative estimate of drug-likeness (QED) is 0.891. The van der Waals surface area contributed by atoms with E-state index in [1.54, 1.807) is 6.07 Å². The SMILES string of the molecule is O=S(=O)(N[C@H]1CCNC1)c1c(Cl)cccc1Cl. The molecule has 1 aliphatic rings. The van der Waals surface area contributed by atoms with Gasteiger partial charge in [0.2, 0.25) is 10.0 Å². The summed E-state index contributed by atoms with van der Waals surface area (Å²) in [6, 6.07) is 4.53. The van der Waals surface area contributed by atoms with Gasteiger partial charge in [-0.25, -0.2) is 13.1 Å². The zero-order valence-corrected chi connectivity index (χ0v) is 11.2. The van der Waals surface area contributed by atoms with Gasteiger partial charge in [0.25, 0.3) is 0 Å². The third-order valence-electron chi connectivity index (χ3n) is 2.57. The number of sulfonamides is 1. The van der Waals surface area contributed by atoms with Crippen LogP contribution in [0.5, 0.6) is 0 Å². The Balaban J connectivity index is 2.31. The summed E-state index contributed by atoms with van der Waals surface area (Å²) >= 11 is 11.8. The maximum Gasteiger partial charge on any atom is 0.243 e. The minimum atomic E-state index is -3.66. The van der Waals surface area contributed by atoms with Crippen molar-refractivity contribution in [2.24, 2.45) is 0 Å². The number of hydrogen-bond acceptors (Lipinski definition) is 3. The first-order valence-electron chi connectivity index (χ1n) is 5.18. The molecule has 0 amide bonds. The van der Waals surface area contributed by atoms with E-state index in [2.05, 4.69) is 10.0 Å². The third-order valence-corrected chi connectivity index (χ3v) is 5.04. The molecule has 1 aliphatic heterocycles. The summed E-state index contributed by atoms with van der Waals surface area (Å²) in [6.45, 7) is 1.44. The minimum Gasteiger partial charge on any atom is -0.315 e. The van der Waals surface area contributed by atoms with Crippen molar-refractivity contribution in [2.45, 2.75) is 17.4 Å². The highest BCUT2D eigenvalue weighted by molar-refractivity contribution is 7.89. The van der Waals surface area contributed by atoms with E-state index in [0.29, 0.717) is 6.54 Å². The van der Waals surface area contributed by atoms with Gasteiger partial charge in [-0.1, -0.05) is 29.3 Å². The van der Waals surface area contributed by atoms with Crippen LogP contribution < -0.4 is 10.0 Å². The molecule has 1 aromatic carbocycles. The molecule has 1 aromatic rings. The Morgan fingerprint density at radius 1 is 1.29 bits per heavy atom. The van der Waals surface area contributed by atoms with Crippen LogP contribution in [-0.2, 0) is 10.0 Å². The van der Waals surface area contributed by atoms with Gasteiger partial charge in [-0.15, -0.1) is 0 Å². The molecule has 0 saturated carbocycles. The summed E-state index contributed by atoms with van der Waals surface area (Å²) in [5.74, 6) is 0. The highest BCUT2D eigenvalue weighted by atomic mass is 35.5. The topological polar surface area (TPSA) is 58.2 Å². The van der Waals surface area contributed by atoms with Gasteiger partial charge in [-0.05, 0) is 25.1 Å². The van der Waals surface area contributed by atoms with E-state index >= 15 is 0 Å². The molecule has 0 bridgehead atoms. The monoisotopic (exact) mass is 294 g/mol. The third kappa shape index (κ3) is 2.92. The van der Waals surface area contributed by atoms with Crippen molar-refractivity contribution in [3.05, 3.63) is 28.2 Å². The van der Waals surface area contributed by atoms with Gasteiger partial charge in [-0.3, -0.25) is 0 Å². The number of nitrogens with one attached hydrogen (secondary N) is 2. The predicted octanol–water partition coefficient (Wildman–Crippen LogP) is 1.63. The summed E-state index contributed by atoms with van der Waals surface area (Å²) in [5, 5.41) is 3.35. The van der Waals surface area contributed by atoms with Gasteiger partial charge in [0.1, 0.15) is 4.90 Å². The smallest absolute Gasteiger partial charge is 0.243 e. The summed E-state index contributed by atoms with van der Waals surface area (Å²) in [6.07, 6.45) is 0.765. The van der Waals surface area contributed by atoms with Gasteiger partial charge in [0.15, 0.2) is 0 Å². The van der Waals surface area contributed by atoms with Crippen molar-refractivity contribution in [3.63, 3.8) is 0 Å². The first kappa shape index (κ1) is 13.1. The van der Waals surface area contributed by atoms with E-state index in [4.69, 9.17) is 23.2 Å². The van der Waals surface area contributed by atoms with E-state index in [1.165, 1.54) is 12.1 Å². The molecule has 0 unspecified atom stereocenters. The molecular weight excluding hydrogens is 283 g/mol. The molecule has 0 radical (unpaired) electrons. The van der Waals surface area contributed by atoms with Crippen LogP contribution in [0.25, 0.3) is 0 Å². The average Bonchev–Trinajstić information content (AvgIpc) is 2.68. The second-order valence-corrected chi connectivity index (χ2v) is 6.33. The van der Waals surface area contributed by atoms with Crippen molar-refractivity contribution in [1.82, 2.24) is 10.0 Å². The molecule has 0 spiro atoms. The van der Waals surface area contributed by atoms with E-state index in [9.17, 15) is 8.42 Å². The van der Waals surface area contributed by atoms with Crippen LogP contribution >= 0.6 is 23.2 Å². The van der Waals surface area contributed by atoms with Crippen LogP contribution in [0.1, 0.15) is 6.42 Å². The molecular formula is C10H12Cl2N2O2S. The molecule has 4 nitrogen and oxygen atoms in total. The van der Waals surface area contributed by atoms with E-state index in [1.807, 2.05) is 0 Å². The Hall–Kier alpha value is -0.330. The first-order valence-corrected chi connectivity index (χ1v) is 7.41. The van der Waals surface area contributed by atoms with Gasteiger partial charge in [0, 0.05) is 12.6 Å². The molecule has 2 N–H and O–H groups in total. The van der Waals surface area contributed by atoms with Crippen molar-refractivity contribution in [1.29, 1.82) is 0 Å². The first-order chi connectivity index (χ1) is 8.00. The van der Waals surface area contributed by atoms with E-state index in [0.717, 1.165) is 13.0 Å². The zero-order chi connectivity index (χ0) is 12.5. The molecule has 1 saturated heterocycles. The largest absolute Gasteiger partial charge is 0.315 e. The molecule has 94 valence electrons. The standard InChI is InChI=1S/C10H12Cl2N2O2S/c11-8-2-1-3-9(12)10(8)17(15,16)14-7-4-5-13-6-7/h1-3,7,13-14H,4-6H2/t7-/m0/s1. The fourth-order valence-corrected chi connectivity index (χ4v) is 4.19. The average molecular weight is 295 g/mol. The van der Waals surface area contributed by atoms with Crippen molar-refractivity contribution in [2.75, 3.05) is 13.1 Å². The van der Waals surface area contributed by atoms with Crippen molar-refractivity contribution in [3.8, 4) is 0 Å². The van der Waals surface area contributed by atoms with Crippen molar-refractivity contribution < 1.29 is 8.42 Å². The lowest BCUT2D eigenvalue weighted by atomic mass is 10.3. The molecule has 0 aromatic heterocycles. The molecule has 1 fully saturated rings. The summed E-state index contributed by atoms with van der Waals surface area (Å²) in [7, 11) is -3.66. The molecule has 1 heterocycles. The molecule has 7 heteroatoms. The maximum absolute atomic E-state index is 12.1. The Bertz CT molecular complexity index is 493. The molecule has 17 heavy (non-hydrogen) atoms. The summed E-state index contributed by atoms with van der Waals surface area (Å²) in [4.78, 5) is -0.0461. The van der Waals surface area contributed by atoms with Gasteiger partial charge in [0.05, 0.1) is 10.0 Å². The van der Waals surface area contributed by atoms with Crippen LogP contribution in [0.15, 0.2) is 23.1 Å². The van der Waals surface area contributed by atoms with Crippen LogP contribution in [0.3, 0.4) is 0 Å². The fourth-order valence-electron chi connectivity index (χ4n) is 1.77. The van der Waals surface area contributed by atoms with Crippen LogP contribution in [0.4, 0.5) is 0 Å². The lowest BCUT2D eigenvalue weighted by molar-refractivity contribution is 0.560. The second kappa shape index (κ2) is 5.12. The molecule has 0 aliphatic carbocycles. The zero-order valence-electron chi connectivity index (χ0n) is 8.91. The Labute approximate surface area is 110 Å². The van der Waals surface area contributed by atoms with Crippen LogP contribution in [-0.4, -0.2) is 27.5 Å².